The van der Waals surface area contributed by atoms with Crippen molar-refractivity contribution in [3.63, 3.8) is 0 Å². The Labute approximate surface area is 159 Å². The number of ether oxygens (including phenoxy) is 1. The van der Waals surface area contributed by atoms with E-state index in [1.54, 1.807) is 19.2 Å². The molecule has 0 aliphatic heterocycles. The Kier molecular flexibility index (Phi) is 5.31. The van der Waals surface area contributed by atoms with E-state index in [1.807, 2.05) is 48.5 Å². The Morgan fingerprint density at radius 2 is 1.76 bits per heavy atom. The molecule has 0 atom stereocenters. The van der Waals surface area contributed by atoms with Crippen molar-refractivity contribution in [3.8, 4) is 5.75 Å². The summed E-state index contributed by atoms with van der Waals surface area (Å²) in [6.45, 7) is 0. The average Bonchev–Trinajstić information content (AvgIpc) is 2.61. The van der Waals surface area contributed by atoms with Crippen molar-refractivity contribution < 1.29 is 9.53 Å². The summed E-state index contributed by atoms with van der Waals surface area (Å²) in [5.41, 5.74) is 1.30. The highest BCUT2D eigenvalue weighted by molar-refractivity contribution is 9.10. The minimum Gasteiger partial charge on any atom is -0.497 e. The molecule has 0 radical (unpaired) electrons. The van der Waals surface area contributed by atoms with Crippen molar-refractivity contribution in [1.82, 2.24) is 5.32 Å². The van der Waals surface area contributed by atoms with Gasteiger partial charge in [0.15, 0.2) is 5.11 Å². The Hall–Kier alpha value is -2.44. The van der Waals surface area contributed by atoms with Gasteiger partial charge in [-0.1, -0.05) is 46.3 Å². The lowest BCUT2D eigenvalue weighted by Gasteiger charge is -2.12. The van der Waals surface area contributed by atoms with Crippen LogP contribution in [0, 0.1) is 0 Å². The lowest BCUT2D eigenvalue weighted by atomic mass is 10.0. The highest BCUT2D eigenvalue weighted by Gasteiger charge is 2.12. The fraction of sp³-hybridized carbons (Fsp3) is 0.0526. The largest absolute Gasteiger partial charge is 0.497 e. The second-order valence-electron chi connectivity index (χ2n) is 5.28. The van der Waals surface area contributed by atoms with Crippen LogP contribution in [0.1, 0.15) is 10.4 Å². The molecule has 0 saturated heterocycles. The maximum atomic E-state index is 12.6. The van der Waals surface area contributed by atoms with Gasteiger partial charge in [-0.05, 0) is 47.3 Å². The topological polar surface area (TPSA) is 50.4 Å². The maximum absolute atomic E-state index is 12.6. The first-order valence-electron chi connectivity index (χ1n) is 7.52. The molecule has 6 heteroatoms. The summed E-state index contributed by atoms with van der Waals surface area (Å²) in [5, 5.41) is 7.77. The predicted molar refractivity (Wildman–Crippen MR) is 108 cm³/mol. The molecule has 126 valence electrons. The number of methoxy groups -OCH3 is 1. The maximum Gasteiger partial charge on any atom is 0.258 e. The smallest absolute Gasteiger partial charge is 0.258 e. The SMILES string of the molecule is COc1cccc(NC(=S)NC(=O)c2cccc3c(Br)cccc23)c1. The molecule has 1 amide bonds. The van der Waals surface area contributed by atoms with Gasteiger partial charge in [-0.2, -0.15) is 0 Å². The summed E-state index contributed by atoms with van der Waals surface area (Å²) < 4.78 is 6.11. The molecule has 3 aromatic carbocycles. The van der Waals surface area contributed by atoms with Crippen molar-refractivity contribution in [1.29, 1.82) is 0 Å². The van der Waals surface area contributed by atoms with Crippen LogP contribution in [-0.4, -0.2) is 18.1 Å². The van der Waals surface area contributed by atoms with Gasteiger partial charge < -0.3 is 10.1 Å². The van der Waals surface area contributed by atoms with Gasteiger partial charge in [0.2, 0.25) is 0 Å². The van der Waals surface area contributed by atoms with Crippen LogP contribution in [0.4, 0.5) is 5.69 Å². The zero-order valence-electron chi connectivity index (χ0n) is 13.4. The van der Waals surface area contributed by atoms with E-state index in [0.717, 1.165) is 20.9 Å². The molecule has 0 aromatic heterocycles. The monoisotopic (exact) mass is 414 g/mol. The fourth-order valence-corrected chi connectivity index (χ4v) is 3.21. The summed E-state index contributed by atoms with van der Waals surface area (Å²) in [4.78, 5) is 12.6. The number of amides is 1. The molecule has 4 nitrogen and oxygen atoms in total. The van der Waals surface area contributed by atoms with Gasteiger partial charge in [0.25, 0.3) is 5.91 Å². The van der Waals surface area contributed by atoms with Gasteiger partial charge in [0, 0.05) is 21.8 Å². The van der Waals surface area contributed by atoms with Gasteiger partial charge in [0.05, 0.1) is 7.11 Å². The molecule has 0 aliphatic carbocycles. The number of thiocarbonyl (C=S) groups is 1. The molecule has 2 N–H and O–H groups in total. The van der Waals surface area contributed by atoms with Crippen molar-refractivity contribution >= 4 is 55.6 Å². The molecule has 0 aliphatic rings. The Morgan fingerprint density at radius 1 is 1.04 bits per heavy atom. The van der Waals surface area contributed by atoms with Crippen molar-refractivity contribution in [3.05, 3.63) is 70.7 Å². The van der Waals surface area contributed by atoms with Gasteiger partial charge in [-0.25, -0.2) is 0 Å². The molecule has 0 heterocycles. The Morgan fingerprint density at radius 3 is 2.56 bits per heavy atom. The molecule has 0 spiro atoms. The third-order valence-electron chi connectivity index (χ3n) is 3.67. The number of rotatable bonds is 3. The number of nitrogens with one attached hydrogen (secondary N) is 2. The summed E-state index contributed by atoms with van der Waals surface area (Å²) in [6.07, 6.45) is 0. The van der Waals surface area contributed by atoms with Crippen LogP contribution >= 0.6 is 28.1 Å². The van der Waals surface area contributed by atoms with Crippen LogP contribution in [0.25, 0.3) is 10.8 Å². The molecule has 3 rings (SSSR count). The van der Waals surface area contributed by atoms with Crippen LogP contribution < -0.4 is 15.4 Å². The minimum absolute atomic E-state index is 0.227. The van der Waals surface area contributed by atoms with E-state index in [1.165, 1.54) is 0 Å². The van der Waals surface area contributed by atoms with Crippen LogP contribution in [0.5, 0.6) is 5.75 Å². The normalized spacial score (nSPS) is 10.3. The summed E-state index contributed by atoms with van der Waals surface area (Å²) in [6, 6.07) is 18.7. The number of fused-ring (bicyclic) bond motifs is 1. The third kappa shape index (κ3) is 3.97. The standard InChI is InChI=1S/C19H15BrN2O2S/c1-24-13-6-2-5-12(11-13)21-19(25)22-18(23)16-9-3-8-15-14(16)7-4-10-17(15)20/h2-11H,1H3,(H2,21,22,23,25). The van der Waals surface area contributed by atoms with Gasteiger partial charge >= 0.3 is 0 Å². The Balaban J connectivity index is 1.78. The molecule has 25 heavy (non-hydrogen) atoms. The molecule has 0 unspecified atom stereocenters. The van der Waals surface area contributed by atoms with E-state index >= 15 is 0 Å². The van der Waals surface area contributed by atoms with Crippen molar-refractivity contribution in [2.45, 2.75) is 0 Å². The predicted octanol–water partition coefficient (Wildman–Crippen LogP) is 4.74. The molecule has 0 fully saturated rings. The fourth-order valence-electron chi connectivity index (χ4n) is 2.50. The molecule has 0 bridgehead atoms. The zero-order chi connectivity index (χ0) is 17.8. The summed E-state index contributed by atoms with van der Waals surface area (Å²) in [7, 11) is 1.60. The summed E-state index contributed by atoms with van der Waals surface area (Å²) in [5.74, 6) is 0.446. The van der Waals surface area contributed by atoms with Gasteiger partial charge in [-0.3, -0.25) is 10.1 Å². The number of carbonyl (C=O) groups is 1. The Bertz CT molecular complexity index is 959. The van der Waals surface area contributed by atoms with Crippen LogP contribution in [-0.2, 0) is 0 Å². The molecule has 3 aromatic rings. The van der Waals surface area contributed by atoms with Gasteiger partial charge in [-0.15, -0.1) is 0 Å². The van der Waals surface area contributed by atoms with E-state index in [4.69, 9.17) is 17.0 Å². The molecular weight excluding hydrogens is 400 g/mol. The number of halogens is 1. The number of hydrogen-bond donors (Lipinski definition) is 2. The van der Waals surface area contributed by atoms with Crippen molar-refractivity contribution in [2.75, 3.05) is 12.4 Å². The first-order valence-corrected chi connectivity index (χ1v) is 8.72. The second-order valence-corrected chi connectivity index (χ2v) is 6.54. The lowest BCUT2D eigenvalue weighted by molar-refractivity contribution is 0.0979. The highest BCUT2D eigenvalue weighted by Crippen LogP contribution is 2.26. The van der Waals surface area contributed by atoms with Gasteiger partial charge in [0.1, 0.15) is 5.75 Å². The number of hydrogen-bond acceptors (Lipinski definition) is 3. The number of carbonyl (C=O) groups excluding carboxylic acids is 1. The zero-order valence-corrected chi connectivity index (χ0v) is 15.8. The number of anilines is 1. The number of benzene rings is 3. The quantitative estimate of drug-likeness (QED) is 0.607. The summed E-state index contributed by atoms with van der Waals surface area (Å²) >= 11 is 8.75. The third-order valence-corrected chi connectivity index (χ3v) is 4.56. The van der Waals surface area contributed by atoms with Crippen molar-refractivity contribution in [2.24, 2.45) is 0 Å². The lowest BCUT2D eigenvalue weighted by Crippen LogP contribution is -2.34. The van der Waals surface area contributed by atoms with Crippen LogP contribution in [0.3, 0.4) is 0 Å². The van der Waals surface area contributed by atoms with E-state index < -0.39 is 0 Å². The van der Waals surface area contributed by atoms with E-state index in [2.05, 4.69) is 26.6 Å². The highest BCUT2D eigenvalue weighted by atomic mass is 79.9. The first kappa shape index (κ1) is 17.4. The average molecular weight is 415 g/mol. The minimum atomic E-state index is -0.260. The molecule has 0 saturated carbocycles. The van der Waals surface area contributed by atoms with E-state index in [-0.39, 0.29) is 11.0 Å². The van der Waals surface area contributed by atoms with Crippen LogP contribution in [0.15, 0.2) is 65.1 Å². The van der Waals surface area contributed by atoms with E-state index in [0.29, 0.717) is 11.3 Å². The van der Waals surface area contributed by atoms with Crippen LogP contribution in [0.2, 0.25) is 0 Å². The first-order chi connectivity index (χ1) is 12.1. The second kappa shape index (κ2) is 7.63. The molecular formula is C19H15BrN2O2S. The van der Waals surface area contributed by atoms with E-state index in [9.17, 15) is 4.79 Å².